The van der Waals surface area contributed by atoms with Gasteiger partial charge >= 0.3 is 0 Å². The molecule has 0 aliphatic rings. The number of nitrogens with zero attached hydrogens (tertiary/aromatic N) is 1. The minimum Gasteiger partial charge on any atom is -0.378 e. The van der Waals surface area contributed by atoms with Crippen molar-refractivity contribution < 1.29 is 0 Å². The number of amidine groups is 1. The number of halogens is 3. The Morgan fingerprint density at radius 3 is 2.56 bits per heavy atom. The van der Waals surface area contributed by atoms with Gasteiger partial charge in [-0.15, -0.1) is 24.8 Å². The largest absolute Gasteiger partial charge is 0.378 e. The molecule has 0 heterocycles. The summed E-state index contributed by atoms with van der Waals surface area (Å²) in [6.07, 6.45) is 0.822. The Bertz CT molecular complexity index is 386. The summed E-state index contributed by atoms with van der Waals surface area (Å²) >= 11 is 7.60. The molecule has 0 fully saturated rings. The summed E-state index contributed by atoms with van der Waals surface area (Å²) in [5.41, 5.74) is 13.0. The van der Waals surface area contributed by atoms with E-state index < -0.39 is 0 Å². The molecule has 1 aromatic rings. The third-order valence-corrected chi connectivity index (χ3v) is 2.95. The van der Waals surface area contributed by atoms with Crippen molar-refractivity contribution in [3.63, 3.8) is 0 Å². The Morgan fingerprint density at radius 1 is 1.39 bits per heavy atom. The highest BCUT2D eigenvalue weighted by atomic mass is 35.5. The van der Waals surface area contributed by atoms with Gasteiger partial charge in [-0.2, -0.15) is 0 Å². The molecular formula is C11H18Cl3N3S. The third-order valence-electron chi connectivity index (χ3n) is 1.97. The topological polar surface area (TPSA) is 64.4 Å². The van der Waals surface area contributed by atoms with Crippen molar-refractivity contribution in [1.29, 1.82) is 0 Å². The Hall–Kier alpha value is -0.130. The van der Waals surface area contributed by atoms with E-state index in [-0.39, 0.29) is 24.8 Å². The number of benzene rings is 1. The fourth-order valence-corrected chi connectivity index (χ4v) is 1.97. The van der Waals surface area contributed by atoms with Crippen molar-refractivity contribution in [1.82, 2.24) is 0 Å². The number of nitrogens with two attached hydrogens (primary N) is 2. The van der Waals surface area contributed by atoms with Crippen LogP contribution >= 0.6 is 48.2 Å². The molecule has 0 saturated heterocycles. The minimum atomic E-state index is 0. The van der Waals surface area contributed by atoms with Crippen LogP contribution in [0.5, 0.6) is 0 Å². The van der Waals surface area contributed by atoms with Crippen LogP contribution in [-0.4, -0.2) is 17.5 Å². The predicted molar refractivity (Wildman–Crippen MR) is 88.1 cm³/mol. The first-order valence-corrected chi connectivity index (χ1v) is 6.49. The molecule has 0 aromatic heterocycles. The lowest BCUT2D eigenvalue weighted by atomic mass is 10.1. The summed E-state index contributed by atoms with van der Waals surface area (Å²) in [4.78, 5) is 4.24. The molecule has 3 nitrogen and oxygen atoms in total. The van der Waals surface area contributed by atoms with Gasteiger partial charge < -0.3 is 11.5 Å². The maximum Gasteiger partial charge on any atom is 0.159 e. The van der Waals surface area contributed by atoms with Gasteiger partial charge in [0.25, 0.3) is 0 Å². The zero-order valence-corrected chi connectivity index (χ0v) is 13.3. The lowest BCUT2D eigenvalue weighted by molar-refractivity contribution is 0.969. The first-order chi connectivity index (χ1) is 7.67. The molecule has 1 rings (SSSR count). The molecule has 0 atom stereocenters. The van der Waals surface area contributed by atoms with E-state index in [4.69, 9.17) is 23.1 Å². The van der Waals surface area contributed by atoms with E-state index in [1.807, 2.05) is 25.1 Å². The second-order valence-corrected chi connectivity index (χ2v) is 4.90. The van der Waals surface area contributed by atoms with Crippen molar-refractivity contribution in [3.8, 4) is 0 Å². The highest BCUT2D eigenvalue weighted by Crippen LogP contribution is 2.26. The molecule has 1 aromatic carbocycles. The van der Waals surface area contributed by atoms with Crippen LogP contribution in [0.25, 0.3) is 0 Å². The zero-order valence-electron chi connectivity index (χ0n) is 10.1. The van der Waals surface area contributed by atoms with E-state index in [9.17, 15) is 0 Å². The van der Waals surface area contributed by atoms with Gasteiger partial charge in [-0.1, -0.05) is 36.4 Å². The molecule has 104 valence electrons. The maximum atomic E-state index is 6.10. The number of hydrogen-bond acceptors (Lipinski definition) is 3. The van der Waals surface area contributed by atoms with Crippen molar-refractivity contribution in [2.45, 2.75) is 13.3 Å². The second kappa shape index (κ2) is 10.8. The lowest BCUT2D eigenvalue weighted by Crippen LogP contribution is -2.06. The van der Waals surface area contributed by atoms with E-state index in [1.165, 1.54) is 11.8 Å². The van der Waals surface area contributed by atoms with E-state index in [1.54, 1.807) is 0 Å². The molecule has 0 aliphatic heterocycles. The van der Waals surface area contributed by atoms with Gasteiger partial charge in [-0.3, -0.25) is 0 Å². The summed E-state index contributed by atoms with van der Waals surface area (Å²) in [7, 11) is 0. The summed E-state index contributed by atoms with van der Waals surface area (Å²) in [5.74, 6) is 0.901. The van der Waals surface area contributed by atoms with Gasteiger partial charge in [-0.25, -0.2) is 4.99 Å². The Kier molecular flexibility index (Phi) is 12.1. The van der Waals surface area contributed by atoms with E-state index >= 15 is 0 Å². The highest BCUT2D eigenvalue weighted by Gasteiger charge is 2.01. The molecule has 0 saturated carbocycles. The number of rotatable bonds is 4. The Morgan fingerprint density at radius 2 is 2.06 bits per heavy atom. The number of hydrogen-bond donors (Lipinski definition) is 2. The molecule has 0 spiro atoms. The molecule has 4 N–H and O–H groups in total. The minimum absolute atomic E-state index is 0. The second-order valence-electron chi connectivity index (χ2n) is 3.21. The van der Waals surface area contributed by atoms with Gasteiger partial charge in [0.2, 0.25) is 0 Å². The molecule has 0 amide bonds. The average Bonchev–Trinajstić information content (AvgIpc) is 2.23. The molecule has 7 heteroatoms. The van der Waals surface area contributed by atoms with Crippen LogP contribution in [0.2, 0.25) is 5.02 Å². The predicted octanol–water partition coefficient (Wildman–Crippen LogP) is 3.38. The lowest BCUT2D eigenvalue weighted by Gasteiger charge is -2.03. The SMILES string of the molecule is CCSC(N)=Nc1ccc(CCN)cc1Cl.Cl.Cl. The van der Waals surface area contributed by atoms with Crippen LogP contribution in [0.1, 0.15) is 12.5 Å². The monoisotopic (exact) mass is 329 g/mol. The molecule has 0 unspecified atom stereocenters. The molecular weight excluding hydrogens is 313 g/mol. The van der Waals surface area contributed by atoms with Crippen LogP contribution in [0.15, 0.2) is 23.2 Å². The Balaban J connectivity index is 0. The molecule has 0 bridgehead atoms. The van der Waals surface area contributed by atoms with Crippen molar-refractivity contribution >= 4 is 59.0 Å². The van der Waals surface area contributed by atoms with E-state index in [0.717, 1.165) is 17.7 Å². The number of thioether (sulfide) groups is 1. The fraction of sp³-hybridized carbons (Fsp3) is 0.364. The van der Waals surface area contributed by atoms with Crippen molar-refractivity contribution in [2.75, 3.05) is 12.3 Å². The van der Waals surface area contributed by atoms with Gasteiger partial charge in [0.1, 0.15) is 0 Å². The zero-order chi connectivity index (χ0) is 12.0. The summed E-state index contributed by atoms with van der Waals surface area (Å²) in [5, 5.41) is 1.15. The summed E-state index contributed by atoms with van der Waals surface area (Å²) in [6, 6.07) is 5.73. The van der Waals surface area contributed by atoms with Crippen molar-refractivity contribution in [3.05, 3.63) is 28.8 Å². The van der Waals surface area contributed by atoms with Gasteiger partial charge in [0.15, 0.2) is 5.17 Å². The van der Waals surface area contributed by atoms with Crippen LogP contribution < -0.4 is 11.5 Å². The third kappa shape index (κ3) is 6.71. The van der Waals surface area contributed by atoms with Crippen LogP contribution in [0, 0.1) is 0 Å². The maximum absolute atomic E-state index is 6.10. The van der Waals surface area contributed by atoms with Crippen LogP contribution in [0.4, 0.5) is 5.69 Å². The first kappa shape index (κ1) is 20.2. The van der Waals surface area contributed by atoms with E-state index in [2.05, 4.69) is 4.99 Å². The van der Waals surface area contributed by atoms with Gasteiger partial charge in [-0.05, 0) is 36.4 Å². The van der Waals surface area contributed by atoms with Crippen molar-refractivity contribution in [2.24, 2.45) is 16.5 Å². The standard InChI is InChI=1S/C11H16ClN3S.2ClH/c1-2-16-11(14)15-10-4-3-8(5-6-13)7-9(10)12;;/h3-4,7H,2,5-6,13H2,1H3,(H2,14,15);2*1H. The molecule has 18 heavy (non-hydrogen) atoms. The summed E-state index contributed by atoms with van der Waals surface area (Å²) < 4.78 is 0. The smallest absolute Gasteiger partial charge is 0.159 e. The normalized spacial score (nSPS) is 10.5. The van der Waals surface area contributed by atoms with Crippen LogP contribution in [-0.2, 0) is 6.42 Å². The van der Waals surface area contributed by atoms with Crippen LogP contribution in [0.3, 0.4) is 0 Å². The van der Waals surface area contributed by atoms with Gasteiger partial charge in [0, 0.05) is 0 Å². The Labute approximate surface area is 130 Å². The van der Waals surface area contributed by atoms with E-state index in [0.29, 0.717) is 22.4 Å². The fourth-order valence-electron chi connectivity index (χ4n) is 1.26. The highest BCUT2D eigenvalue weighted by molar-refractivity contribution is 8.13. The molecule has 0 radical (unpaired) electrons. The first-order valence-electron chi connectivity index (χ1n) is 5.12. The van der Waals surface area contributed by atoms with Gasteiger partial charge in [0.05, 0.1) is 10.7 Å². The quantitative estimate of drug-likeness (QED) is 0.657. The molecule has 0 aliphatic carbocycles. The average molecular weight is 331 g/mol. The summed E-state index contributed by atoms with van der Waals surface area (Å²) in [6.45, 7) is 2.64. The number of aliphatic imine (C=N–C) groups is 1.